The van der Waals surface area contributed by atoms with Gasteiger partial charge < -0.3 is 4.74 Å². The molecule has 2 nitrogen and oxygen atoms in total. The van der Waals surface area contributed by atoms with Crippen molar-refractivity contribution in [2.45, 2.75) is 6.18 Å². The summed E-state index contributed by atoms with van der Waals surface area (Å²) in [4.78, 5) is 11.4. The SMILES string of the molecule is COC(=O)c1ccc(F)c(-c2ccccc2C(F)(F)F)c1. The number of methoxy groups -OCH3 is 1. The molecule has 0 fully saturated rings. The molecular formula is C15H10F4O2. The average molecular weight is 298 g/mol. The fourth-order valence-corrected chi connectivity index (χ4v) is 1.94. The van der Waals surface area contributed by atoms with E-state index in [0.717, 1.165) is 37.4 Å². The summed E-state index contributed by atoms with van der Waals surface area (Å²) in [6.45, 7) is 0. The average Bonchev–Trinajstić information content (AvgIpc) is 2.46. The third-order valence-corrected chi connectivity index (χ3v) is 2.91. The van der Waals surface area contributed by atoms with Crippen LogP contribution in [-0.4, -0.2) is 13.1 Å². The third-order valence-electron chi connectivity index (χ3n) is 2.91. The number of hydrogen-bond acceptors (Lipinski definition) is 2. The number of alkyl halides is 3. The van der Waals surface area contributed by atoms with Crippen molar-refractivity contribution in [1.82, 2.24) is 0 Å². The molecule has 2 aromatic carbocycles. The highest BCUT2D eigenvalue weighted by Crippen LogP contribution is 2.38. The van der Waals surface area contributed by atoms with Crippen LogP contribution in [0, 0.1) is 5.82 Å². The van der Waals surface area contributed by atoms with E-state index in [2.05, 4.69) is 4.74 Å². The Morgan fingerprint density at radius 1 is 1.05 bits per heavy atom. The van der Waals surface area contributed by atoms with Crippen molar-refractivity contribution in [2.75, 3.05) is 7.11 Å². The summed E-state index contributed by atoms with van der Waals surface area (Å²) in [6, 6.07) is 7.74. The van der Waals surface area contributed by atoms with Crippen LogP contribution in [-0.2, 0) is 10.9 Å². The molecular weight excluding hydrogens is 288 g/mol. The lowest BCUT2D eigenvalue weighted by Crippen LogP contribution is -2.08. The van der Waals surface area contributed by atoms with Gasteiger partial charge in [0.25, 0.3) is 0 Å². The second-order valence-electron chi connectivity index (χ2n) is 4.23. The van der Waals surface area contributed by atoms with Crippen molar-refractivity contribution in [1.29, 1.82) is 0 Å². The molecule has 0 aromatic heterocycles. The van der Waals surface area contributed by atoms with Crippen molar-refractivity contribution in [3.8, 4) is 11.1 Å². The maximum Gasteiger partial charge on any atom is 0.417 e. The number of rotatable bonds is 2. The number of carbonyl (C=O) groups is 1. The summed E-state index contributed by atoms with van der Waals surface area (Å²) in [6.07, 6.45) is -4.62. The Balaban J connectivity index is 2.65. The highest BCUT2D eigenvalue weighted by atomic mass is 19.4. The van der Waals surface area contributed by atoms with Crippen LogP contribution in [0.1, 0.15) is 15.9 Å². The molecule has 0 aliphatic rings. The normalized spacial score (nSPS) is 11.3. The van der Waals surface area contributed by atoms with Crippen molar-refractivity contribution < 1.29 is 27.1 Å². The lowest BCUT2D eigenvalue weighted by Gasteiger charge is -2.14. The summed E-state index contributed by atoms with van der Waals surface area (Å²) in [5.41, 5.74) is -1.61. The Labute approximate surface area is 118 Å². The topological polar surface area (TPSA) is 26.3 Å². The van der Waals surface area contributed by atoms with Gasteiger partial charge >= 0.3 is 12.1 Å². The second-order valence-corrected chi connectivity index (χ2v) is 4.23. The zero-order valence-corrected chi connectivity index (χ0v) is 10.9. The minimum atomic E-state index is -4.62. The molecule has 0 heterocycles. The number of hydrogen-bond donors (Lipinski definition) is 0. The van der Waals surface area contributed by atoms with Crippen molar-refractivity contribution in [3.05, 3.63) is 59.4 Å². The molecule has 0 radical (unpaired) electrons. The minimum absolute atomic E-state index is 0.0223. The summed E-state index contributed by atoms with van der Waals surface area (Å²) in [5.74, 6) is -1.60. The van der Waals surface area contributed by atoms with Gasteiger partial charge in [-0.1, -0.05) is 18.2 Å². The van der Waals surface area contributed by atoms with Crippen LogP contribution in [0.5, 0.6) is 0 Å². The standard InChI is InChI=1S/C15H10F4O2/c1-21-14(20)9-6-7-13(16)11(8-9)10-4-2-3-5-12(10)15(17,18)19/h2-8H,1H3. The van der Waals surface area contributed by atoms with Gasteiger partial charge in [0.1, 0.15) is 5.82 Å². The van der Waals surface area contributed by atoms with E-state index in [1.807, 2.05) is 0 Å². The summed E-state index contributed by atoms with van der Waals surface area (Å²) < 4.78 is 57.3. The van der Waals surface area contributed by atoms with Gasteiger partial charge in [-0.2, -0.15) is 13.2 Å². The van der Waals surface area contributed by atoms with Crippen LogP contribution in [0.4, 0.5) is 17.6 Å². The van der Waals surface area contributed by atoms with Crippen LogP contribution < -0.4 is 0 Å². The Morgan fingerprint density at radius 2 is 1.71 bits per heavy atom. The van der Waals surface area contributed by atoms with E-state index in [9.17, 15) is 22.4 Å². The van der Waals surface area contributed by atoms with Gasteiger partial charge in [0.2, 0.25) is 0 Å². The molecule has 0 aliphatic carbocycles. The van der Waals surface area contributed by atoms with Gasteiger partial charge in [0, 0.05) is 5.56 Å². The Bertz CT molecular complexity index is 678. The van der Waals surface area contributed by atoms with Crippen LogP contribution >= 0.6 is 0 Å². The molecule has 110 valence electrons. The van der Waals surface area contributed by atoms with Crippen molar-refractivity contribution in [3.63, 3.8) is 0 Å². The van der Waals surface area contributed by atoms with Gasteiger partial charge in [-0.25, -0.2) is 9.18 Å². The molecule has 6 heteroatoms. The molecule has 21 heavy (non-hydrogen) atoms. The van der Waals surface area contributed by atoms with Crippen LogP contribution in [0.25, 0.3) is 11.1 Å². The Kier molecular flexibility index (Phi) is 3.97. The lowest BCUT2D eigenvalue weighted by molar-refractivity contribution is -0.137. The zero-order chi connectivity index (χ0) is 15.6. The molecule has 0 saturated heterocycles. The summed E-state index contributed by atoms with van der Waals surface area (Å²) >= 11 is 0. The van der Waals surface area contributed by atoms with E-state index in [1.165, 1.54) is 12.1 Å². The first-order chi connectivity index (χ1) is 9.84. The smallest absolute Gasteiger partial charge is 0.417 e. The molecule has 0 aliphatic heterocycles. The number of esters is 1. The van der Waals surface area contributed by atoms with E-state index in [0.29, 0.717) is 0 Å². The van der Waals surface area contributed by atoms with Gasteiger partial charge in [-0.05, 0) is 29.8 Å². The van der Waals surface area contributed by atoms with Crippen LogP contribution in [0.15, 0.2) is 42.5 Å². The predicted octanol–water partition coefficient (Wildman–Crippen LogP) is 4.30. The molecule has 0 bridgehead atoms. The maximum atomic E-state index is 13.9. The number of halogens is 4. The predicted molar refractivity (Wildman–Crippen MR) is 68.2 cm³/mol. The second kappa shape index (κ2) is 5.55. The molecule has 0 spiro atoms. The Morgan fingerprint density at radius 3 is 2.33 bits per heavy atom. The quantitative estimate of drug-likeness (QED) is 0.610. The van der Waals surface area contributed by atoms with Crippen molar-refractivity contribution >= 4 is 5.97 Å². The number of ether oxygens (including phenoxy) is 1. The van der Waals surface area contributed by atoms with E-state index in [4.69, 9.17) is 0 Å². The number of carbonyl (C=O) groups excluding carboxylic acids is 1. The molecule has 0 saturated carbocycles. The first-order valence-corrected chi connectivity index (χ1v) is 5.89. The minimum Gasteiger partial charge on any atom is -0.465 e. The fourth-order valence-electron chi connectivity index (χ4n) is 1.94. The molecule has 0 unspecified atom stereocenters. The van der Waals surface area contributed by atoms with Crippen molar-refractivity contribution in [2.24, 2.45) is 0 Å². The maximum absolute atomic E-state index is 13.9. The van der Waals surface area contributed by atoms with Crippen LogP contribution in [0.3, 0.4) is 0 Å². The van der Waals surface area contributed by atoms with E-state index < -0.39 is 23.5 Å². The molecule has 0 amide bonds. The highest BCUT2D eigenvalue weighted by Gasteiger charge is 2.34. The highest BCUT2D eigenvalue weighted by molar-refractivity contribution is 5.91. The lowest BCUT2D eigenvalue weighted by atomic mass is 9.97. The fraction of sp³-hybridized carbons (Fsp3) is 0.133. The molecule has 2 aromatic rings. The molecule has 0 N–H and O–H groups in total. The third kappa shape index (κ3) is 3.04. The van der Waals surface area contributed by atoms with Gasteiger partial charge in [0.05, 0.1) is 18.2 Å². The zero-order valence-electron chi connectivity index (χ0n) is 10.9. The molecule has 0 atom stereocenters. The van der Waals surface area contributed by atoms with E-state index >= 15 is 0 Å². The largest absolute Gasteiger partial charge is 0.465 e. The monoisotopic (exact) mass is 298 g/mol. The summed E-state index contributed by atoms with van der Waals surface area (Å²) in [7, 11) is 1.13. The van der Waals surface area contributed by atoms with Gasteiger partial charge in [-0.15, -0.1) is 0 Å². The molecule has 2 rings (SSSR count). The Hall–Kier alpha value is -2.37. The number of benzene rings is 2. The first-order valence-electron chi connectivity index (χ1n) is 5.89. The van der Waals surface area contributed by atoms with E-state index in [1.54, 1.807) is 0 Å². The van der Waals surface area contributed by atoms with Crippen LogP contribution in [0.2, 0.25) is 0 Å². The van der Waals surface area contributed by atoms with Gasteiger partial charge in [0.15, 0.2) is 0 Å². The van der Waals surface area contributed by atoms with E-state index in [-0.39, 0.29) is 16.7 Å². The summed E-state index contributed by atoms with van der Waals surface area (Å²) in [5, 5.41) is 0. The first kappa shape index (κ1) is 15.0. The van der Waals surface area contributed by atoms with Gasteiger partial charge in [-0.3, -0.25) is 0 Å².